The van der Waals surface area contributed by atoms with Gasteiger partial charge in [-0.25, -0.2) is 0 Å². The van der Waals surface area contributed by atoms with Crippen LogP contribution in [0, 0.1) is 0 Å². The van der Waals surface area contributed by atoms with Crippen molar-refractivity contribution in [2.75, 3.05) is 33.4 Å². The fourth-order valence-corrected chi connectivity index (χ4v) is 1.74. The third-order valence-corrected chi connectivity index (χ3v) is 2.86. The van der Waals surface area contributed by atoms with Gasteiger partial charge in [-0.15, -0.1) is 0 Å². The van der Waals surface area contributed by atoms with Crippen molar-refractivity contribution in [2.45, 2.75) is 12.8 Å². The largest absolute Gasteiger partial charge is 0.493 e. The highest BCUT2D eigenvalue weighted by Gasteiger charge is 2.14. The third kappa shape index (κ3) is 6.76. The summed E-state index contributed by atoms with van der Waals surface area (Å²) < 4.78 is 9.98. The predicted octanol–water partition coefficient (Wildman–Crippen LogP) is 0.839. The Bertz CT molecular complexity index is 435. The minimum absolute atomic E-state index is 0.113. The third-order valence-electron chi connectivity index (χ3n) is 2.86. The van der Waals surface area contributed by atoms with Gasteiger partial charge in [0.15, 0.2) is 0 Å². The maximum Gasteiger partial charge on any atom is 0.307 e. The molecule has 1 N–H and O–H groups in total. The number of ether oxygens (including phenoxy) is 2. The molecule has 0 atom stereocenters. The Morgan fingerprint density at radius 1 is 1.14 bits per heavy atom. The van der Waals surface area contributed by atoms with Crippen LogP contribution in [0.2, 0.25) is 0 Å². The zero-order valence-electron chi connectivity index (χ0n) is 12.2. The first-order valence-electron chi connectivity index (χ1n) is 6.80. The van der Waals surface area contributed by atoms with E-state index in [9.17, 15) is 9.59 Å². The van der Waals surface area contributed by atoms with Gasteiger partial charge < -0.3 is 19.5 Å². The van der Waals surface area contributed by atoms with E-state index in [0.717, 1.165) is 0 Å². The van der Waals surface area contributed by atoms with Crippen LogP contribution in [0.4, 0.5) is 0 Å². The van der Waals surface area contributed by atoms with Crippen molar-refractivity contribution in [1.82, 2.24) is 4.90 Å². The Balaban J connectivity index is 2.36. The highest BCUT2D eigenvalue weighted by atomic mass is 16.5. The molecule has 0 aliphatic rings. The molecule has 0 aromatic heterocycles. The Kier molecular flexibility index (Phi) is 7.89. The topological polar surface area (TPSA) is 76.1 Å². The molecule has 0 radical (unpaired) electrons. The molecule has 0 unspecified atom stereocenters. The summed E-state index contributed by atoms with van der Waals surface area (Å²) in [6.07, 6.45) is 0.303. The van der Waals surface area contributed by atoms with Gasteiger partial charge in [-0.1, -0.05) is 18.2 Å². The highest BCUT2D eigenvalue weighted by molar-refractivity contribution is 5.77. The molecule has 0 aliphatic carbocycles. The molecule has 0 bridgehead atoms. The summed E-state index contributed by atoms with van der Waals surface area (Å²) in [6, 6.07) is 9.21. The van der Waals surface area contributed by atoms with Crippen molar-refractivity contribution >= 4 is 11.9 Å². The van der Waals surface area contributed by atoms with E-state index in [1.165, 1.54) is 12.0 Å². The van der Waals surface area contributed by atoms with Crippen molar-refractivity contribution in [3.8, 4) is 5.75 Å². The van der Waals surface area contributed by atoms with E-state index in [4.69, 9.17) is 9.84 Å². The van der Waals surface area contributed by atoms with Crippen LogP contribution in [0.15, 0.2) is 30.3 Å². The van der Waals surface area contributed by atoms with Gasteiger partial charge in [0.1, 0.15) is 5.75 Å². The van der Waals surface area contributed by atoms with Gasteiger partial charge in [0.25, 0.3) is 0 Å². The molecule has 6 heteroatoms. The molecule has 6 nitrogen and oxygen atoms in total. The maximum absolute atomic E-state index is 12.0. The molecule has 0 fully saturated rings. The van der Waals surface area contributed by atoms with Gasteiger partial charge in [0.05, 0.1) is 33.2 Å². The fourth-order valence-electron chi connectivity index (χ4n) is 1.74. The van der Waals surface area contributed by atoms with Crippen LogP contribution in [0.3, 0.4) is 0 Å². The first kappa shape index (κ1) is 17.0. The molecule has 1 aromatic carbocycles. The molecule has 1 aromatic rings. The number of aliphatic hydroxyl groups is 1. The molecule has 0 aliphatic heterocycles. The van der Waals surface area contributed by atoms with Crippen LogP contribution < -0.4 is 4.74 Å². The van der Waals surface area contributed by atoms with E-state index < -0.39 is 0 Å². The number of esters is 1. The van der Waals surface area contributed by atoms with Gasteiger partial charge in [-0.05, 0) is 12.1 Å². The van der Waals surface area contributed by atoms with Gasteiger partial charge in [0, 0.05) is 13.1 Å². The van der Waals surface area contributed by atoms with Crippen molar-refractivity contribution in [2.24, 2.45) is 0 Å². The number of carbonyl (C=O) groups is 2. The zero-order valence-corrected chi connectivity index (χ0v) is 12.2. The van der Waals surface area contributed by atoms with Crippen LogP contribution in [0.1, 0.15) is 12.8 Å². The Morgan fingerprint density at radius 2 is 1.86 bits per heavy atom. The minimum atomic E-state index is -0.383. The number of nitrogens with zero attached hydrogens (tertiary/aromatic N) is 1. The summed E-state index contributed by atoms with van der Waals surface area (Å²) in [5.74, 6) is 0.156. The molecule has 21 heavy (non-hydrogen) atoms. The smallest absolute Gasteiger partial charge is 0.307 e. The monoisotopic (exact) mass is 295 g/mol. The summed E-state index contributed by atoms with van der Waals surface area (Å²) in [6.45, 7) is 0.536. The lowest BCUT2D eigenvalue weighted by atomic mass is 10.3. The quantitative estimate of drug-likeness (QED) is 0.683. The van der Waals surface area contributed by atoms with E-state index in [0.29, 0.717) is 5.75 Å². The van der Waals surface area contributed by atoms with E-state index >= 15 is 0 Å². The van der Waals surface area contributed by atoms with Crippen LogP contribution >= 0.6 is 0 Å². The van der Waals surface area contributed by atoms with Crippen molar-refractivity contribution in [3.05, 3.63) is 30.3 Å². The van der Waals surface area contributed by atoms with Crippen LogP contribution in [0.25, 0.3) is 0 Å². The minimum Gasteiger partial charge on any atom is -0.493 e. The van der Waals surface area contributed by atoms with E-state index in [-0.39, 0.29) is 51.0 Å². The SMILES string of the molecule is COC(=O)CCN(CCO)C(=O)CCOc1ccccc1. The number of rotatable bonds is 9. The molecule has 116 valence electrons. The molecular formula is C15H21NO5. The number of methoxy groups -OCH3 is 1. The second kappa shape index (κ2) is 9.77. The first-order valence-corrected chi connectivity index (χ1v) is 6.80. The number of hydrogen-bond acceptors (Lipinski definition) is 5. The molecular weight excluding hydrogens is 274 g/mol. The standard InChI is InChI=1S/C15H21NO5/c1-20-15(19)7-9-16(10-11-17)14(18)8-12-21-13-5-3-2-4-6-13/h2-6,17H,7-12H2,1H3. The predicted molar refractivity (Wildman–Crippen MR) is 76.9 cm³/mol. The molecule has 0 heterocycles. The fraction of sp³-hybridized carbons (Fsp3) is 0.467. The first-order chi connectivity index (χ1) is 10.2. The average molecular weight is 295 g/mol. The zero-order chi connectivity index (χ0) is 15.5. The van der Waals surface area contributed by atoms with Crippen molar-refractivity contribution in [3.63, 3.8) is 0 Å². The van der Waals surface area contributed by atoms with Gasteiger partial charge in [-0.3, -0.25) is 9.59 Å². The normalized spacial score (nSPS) is 10.0. The molecule has 1 amide bonds. The Labute approximate surface area is 124 Å². The second-order valence-corrected chi connectivity index (χ2v) is 4.34. The van der Waals surface area contributed by atoms with E-state index in [2.05, 4.69) is 4.74 Å². The van der Waals surface area contributed by atoms with Crippen LogP contribution in [-0.2, 0) is 14.3 Å². The summed E-state index contributed by atoms with van der Waals surface area (Å²) in [4.78, 5) is 24.5. The summed E-state index contributed by atoms with van der Waals surface area (Å²) in [5.41, 5.74) is 0. The number of carbonyl (C=O) groups excluding carboxylic acids is 2. The second-order valence-electron chi connectivity index (χ2n) is 4.34. The molecule has 0 saturated carbocycles. The summed E-state index contributed by atoms with van der Waals surface area (Å²) in [7, 11) is 1.30. The van der Waals surface area contributed by atoms with Crippen LogP contribution in [0.5, 0.6) is 5.75 Å². The van der Waals surface area contributed by atoms with Gasteiger partial charge in [-0.2, -0.15) is 0 Å². The lowest BCUT2D eigenvalue weighted by Crippen LogP contribution is -2.36. The number of aliphatic hydroxyl groups excluding tert-OH is 1. The lowest BCUT2D eigenvalue weighted by Gasteiger charge is -2.21. The molecule has 0 saturated heterocycles. The van der Waals surface area contributed by atoms with Gasteiger partial charge in [0.2, 0.25) is 5.91 Å². The van der Waals surface area contributed by atoms with E-state index in [1.807, 2.05) is 30.3 Å². The molecule has 0 spiro atoms. The number of hydrogen-bond donors (Lipinski definition) is 1. The van der Waals surface area contributed by atoms with Crippen LogP contribution in [-0.4, -0.2) is 55.3 Å². The maximum atomic E-state index is 12.0. The Morgan fingerprint density at radius 3 is 2.48 bits per heavy atom. The lowest BCUT2D eigenvalue weighted by molar-refractivity contribution is -0.142. The van der Waals surface area contributed by atoms with E-state index in [1.54, 1.807) is 0 Å². The van der Waals surface area contributed by atoms with Crippen molar-refractivity contribution in [1.29, 1.82) is 0 Å². The molecule has 1 rings (SSSR count). The summed E-state index contributed by atoms with van der Waals surface area (Å²) >= 11 is 0. The van der Waals surface area contributed by atoms with Crippen molar-refractivity contribution < 1.29 is 24.2 Å². The Hall–Kier alpha value is -2.08. The number of para-hydroxylation sites is 1. The highest BCUT2D eigenvalue weighted by Crippen LogP contribution is 2.09. The number of benzene rings is 1. The average Bonchev–Trinajstić information content (AvgIpc) is 2.51. The number of amides is 1. The van der Waals surface area contributed by atoms with Gasteiger partial charge >= 0.3 is 5.97 Å². The summed E-state index contributed by atoms with van der Waals surface area (Å²) in [5, 5.41) is 8.97.